The maximum absolute atomic E-state index is 8.46. The fourth-order valence-electron chi connectivity index (χ4n) is 11.0. The highest BCUT2D eigenvalue weighted by Gasteiger charge is 2.50. The van der Waals surface area contributed by atoms with Gasteiger partial charge in [0.2, 0.25) is 0 Å². The van der Waals surface area contributed by atoms with Crippen molar-refractivity contribution < 1.29 is 17.8 Å². The zero-order valence-electron chi connectivity index (χ0n) is 52.5. The van der Waals surface area contributed by atoms with E-state index in [1.807, 2.05) is 13.5 Å². The standard InChI is InChI=1S/2C9H22Si2.3C8H20Si2/c2*1-6-9-10(2,3)7-8-11(9,4)5;3*1-8-9(2,3)6-7-10(8,4)5/h2*9H,6-8H2,1-5H3;3*8H,6-7H2,1-5H3/i6D2;2D3;2D3,8D;8D;2D3/t;;8-,9?;;8-,9?/m..0.0/s1. The minimum atomic E-state index is -2.42. The smallest absolute Gasteiger partial charge is 0.0475 e. The van der Waals surface area contributed by atoms with E-state index in [0.29, 0.717) is 15.5 Å². The van der Waals surface area contributed by atoms with Crippen molar-refractivity contribution in [3.63, 3.8) is 0 Å². The molecule has 0 nitrogen and oxygen atoms in total. The third-order valence-corrected chi connectivity index (χ3v) is 74.5. The van der Waals surface area contributed by atoms with Crippen LogP contribution < -0.4 is 0 Å². The Kier molecular flexibility index (Phi) is 11.9. The zero-order valence-corrected chi connectivity index (χ0v) is 49.5. The average Bonchev–Trinajstić information content (AvgIpc) is 3.67. The molecule has 5 heterocycles. The van der Waals surface area contributed by atoms with Crippen LogP contribution in [-0.2, 0) is 0 Å². The summed E-state index contributed by atoms with van der Waals surface area (Å²) in [6, 6.07) is 11.9. The first kappa shape index (κ1) is 33.9. The Morgan fingerprint density at radius 1 is 0.385 bits per heavy atom. The molecule has 52 heavy (non-hydrogen) atoms. The summed E-state index contributed by atoms with van der Waals surface area (Å²) in [6.45, 7) is 44.2. The largest absolute Gasteiger partial charge is 0.0694 e. The van der Waals surface area contributed by atoms with Crippen molar-refractivity contribution in [2.75, 3.05) is 0 Å². The van der Waals surface area contributed by atoms with E-state index in [1.165, 1.54) is 36.3 Å². The molecule has 0 aliphatic carbocycles. The van der Waals surface area contributed by atoms with E-state index >= 15 is 0 Å². The Morgan fingerprint density at radius 2 is 0.654 bits per heavy atom. The Hall–Kier alpha value is 2.17. The molecule has 5 aliphatic heterocycles. The van der Waals surface area contributed by atoms with Crippen molar-refractivity contribution in [2.45, 2.75) is 264 Å². The van der Waals surface area contributed by atoms with Crippen LogP contribution in [0.2, 0.25) is 217 Å². The molecule has 0 amide bonds. The second kappa shape index (κ2) is 18.2. The summed E-state index contributed by atoms with van der Waals surface area (Å²) in [6.07, 6.45) is 0.169. The molecule has 0 radical (unpaired) electrons. The van der Waals surface area contributed by atoms with Crippen molar-refractivity contribution in [2.24, 2.45) is 0 Å². The lowest BCUT2D eigenvalue weighted by Crippen LogP contribution is -2.37. The van der Waals surface area contributed by atoms with Gasteiger partial charge in [-0.05, 0) is 10.3 Å². The summed E-state index contributed by atoms with van der Waals surface area (Å²) in [5.74, 6) is 0. The Bertz CT molecular complexity index is 1560. The van der Waals surface area contributed by atoms with Crippen molar-refractivity contribution in [3.05, 3.63) is 0 Å². The summed E-state index contributed by atoms with van der Waals surface area (Å²) in [4.78, 5) is 0. The number of rotatable bonds is 2. The predicted molar refractivity (Wildman–Crippen MR) is 279 cm³/mol. The molecule has 5 fully saturated rings. The van der Waals surface area contributed by atoms with Gasteiger partial charge in [0.1, 0.15) is 0 Å². The van der Waals surface area contributed by atoms with Gasteiger partial charge < -0.3 is 0 Å². The van der Waals surface area contributed by atoms with Crippen molar-refractivity contribution >= 4 is 80.7 Å². The Morgan fingerprint density at radius 3 is 0.827 bits per heavy atom. The van der Waals surface area contributed by atoms with Gasteiger partial charge in [0.05, 0.1) is 0 Å². The Balaban J connectivity index is 0.000000407. The molecule has 0 aromatic carbocycles. The highest BCUT2D eigenvalue weighted by molar-refractivity contribution is 7.04. The second-order valence-corrected chi connectivity index (χ2v) is 74.5. The van der Waals surface area contributed by atoms with Crippen LogP contribution >= 0.6 is 0 Å². The lowest BCUT2D eigenvalue weighted by Gasteiger charge is -2.31. The molecule has 0 saturated carbocycles. The molecule has 10 heteroatoms. The molecule has 5 rings (SSSR count). The highest BCUT2D eigenvalue weighted by Crippen LogP contribution is 2.50. The first-order chi connectivity index (χ1) is 28.0. The summed E-state index contributed by atoms with van der Waals surface area (Å²) < 4.78 is 102. The van der Waals surface area contributed by atoms with Gasteiger partial charge in [0, 0.05) is 98.6 Å². The van der Waals surface area contributed by atoms with Gasteiger partial charge >= 0.3 is 0 Å². The Labute approximate surface area is 361 Å². The summed E-state index contributed by atoms with van der Waals surface area (Å²) >= 11 is 0. The van der Waals surface area contributed by atoms with Gasteiger partial charge in [-0.25, -0.2) is 0 Å². The van der Waals surface area contributed by atoms with Crippen LogP contribution in [0.4, 0.5) is 0 Å². The van der Waals surface area contributed by atoms with Gasteiger partial charge in [-0.1, -0.05) is 254 Å². The molecular formula is C42H104Si10. The fourth-order valence-corrected chi connectivity index (χ4v) is 81.9. The molecular weight excluding hydrogens is 785 g/mol. The van der Waals surface area contributed by atoms with Crippen LogP contribution in [-0.4, -0.2) is 80.7 Å². The highest BCUT2D eigenvalue weighted by atomic mass is 28.4. The summed E-state index contributed by atoms with van der Waals surface area (Å²) in [5.41, 5.74) is 0. The first-order valence-corrected chi connectivity index (χ1v) is 52.5. The topological polar surface area (TPSA) is 0 Å². The molecule has 5 saturated heterocycles. The monoisotopic (exact) mass is 902 g/mol. The van der Waals surface area contributed by atoms with E-state index in [1.54, 1.807) is 6.92 Å². The van der Waals surface area contributed by atoms with Crippen molar-refractivity contribution in [3.8, 4) is 0 Å². The van der Waals surface area contributed by atoms with Gasteiger partial charge in [-0.3, -0.25) is 0 Å². The van der Waals surface area contributed by atoms with E-state index in [0.717, 1.165) is 30.6 Å². The van der Waals surface area contributed by atoms with Gasteiger partial charge in [-0.15, -0.1) is 0 Å². The summed E-state index contributed by atoms with van der Waals surface area (Å²) in [5, 5.41) is 1.01. The minimum absolute atomic E-state index is 0.0139. The molecule has 6 atom stereocenters. The average molecular weight is 903 g/mol. The molecule has 0 N–H and O–H groups in total. The van der Waals surface area contributed by atoms with Gasteiger partial charge in [0.15, 0.2) is 0 Å². The van der Waals surface area contributed by atoms with Crippen LogP contribution in [0.3, 0.4) is 0 Å². The van der Waals surface area contributed by atoms with Crippen molar-refractivity contribution in [1.29, 1.82) is 0 Å². The molecule has 312 valence electrons. The lowest BCUT2D eigenvalue weighted by molar-refractivity contribution is 0.962. The van der Waals surface area contributed by atoms with Crippen LogP contribution in [0.25, 0.3) is 0 Å². The van der Waals surface area contributed by atoms with Gasteiger partial charge in [-0.2, -0.15) is 0 Å². The minimum Gasteiger partial charge on any atom is -0.0694 e. The summed E-state index contributed by atoms with van der Waals surface area (Å²) in [7, 11) is -15.3. The molecule has 5 aliphatic rings. The molecule has 0 aromatic heterocycles. The van der Waals surface area contributed by atoms with E-state index in [2.05, 4.69) is 126 Å². The van der Waals surface area contributed by atoms with Crippen molar-refractivity contribution in [1.82, 2.24) is 0 Å². The van der Waals surface area contributed by atoms with E-state index < -0.39 is 112 Å². The predicted octanol–water partition coefficient (Wildman–Crippen LogP) is 17.5. The SMILES string of the molecule is [2H]C([2H])(C)C1[Si](C)(C)CC[Si]1(C)C.[2H]C([2H])([2H])[Si]1(C)CC[Si](C)(C)C1CC.[2H]C([2H])([2H])[Si]1(C)CC[Si](C)(C)[C@@]1([2H])C.[2H]C([2H])([2H])[Si]1(C)CC[Si](C)(C)[C@H]1C.[2H]C1(C)[Si](C)(C)CC[Si]1(C)C. The maximum atomic E-state index is 8.46. The van der Waals surface area contributed by atoms with Crippen LogP contribution in [0.1, 0.15) is 65.2 Å². The third-order valence-electron chi connectivity index (χ3n) is 16.6. The molecule has 0 aromatic rings. The normalized spacial score (nSPS) is 45.5. The number of hydrogen-bond acceptors (Lipinski definition) is 0. The quantitative estimate of drug-likeness (QED) is 0.242. The maximum Gasteiger partial charge on any atom is 0.0475 e. The second-order valence-electron chi connectivity index (χ2n) is 23.9. The first-order valence-electron chi connectivity index (χ1n) is 28.0. The van der Waals surface area contributed by atoms with Crippen LogP contribution in [0.5, 0.6) is 0 Å². The molecule has 0 bridgehead atoms. The molecule has 0 spiro atoms. The fraction of sp³-hybridized carbons (Fsp3) is 1.00. The zero-order chi connectivity index (χ0) is 52.5. The van der Waals surface area contributed by atoms with Gasteiger partial charge in [0.25, 0.3) is 0 Å². The van der Waals surface area contributed by atoms with Crippen LogP contribution in [0.15, 0.2) is 0 Å². The molecule has 4 unspecified atom stereocenters. The van der Waals surface area contributed by atoms with E-state index in [9.17, 15) is 0 Å². The lowest BCUT2D eigenvalue weighted by atomic mass is 10.6. The van der Waals surface area contributed by atoms with Crippen LogP contribution in [0, 0.1) is 0 Å². The number of hydrogen-bond donors (Lipinski definition) is 0. The third kappa shape index (κ3) is 13.3. The van der Waals surface area contributed by atoms with E-state index in [4.69, 9.17) is 17.8 Å². The van der Waals surface area contributed by atoms with E-state index in [-0.39, 0.29) is 5.14 Å².